The minimum Gasteiger partial charge on any atom is -0.496 e. The summed E-state index contributed by atoms with van der Waals surface area (Å²) in [5.74, 6) is 2.37. The lowest BCUT2D eigenvalue weighted by Gasteiger charge is -2.10. The summed E-state index contributed by atoms with van der Waals surface area (Å²) in [6.45, 7) is 0. The van der Waals surface area contributed by atoms with Crippen LogP contribution in [-0.2, 0) is 0 Å². The van der Waals surface area contributed by atoms with E-state index in [1.165, 1.54) is 0 Å². The molecule has 0 fully saturated rings. The van der Waals surface area contributed by atoms with E-state index in [2.05, 4.69) is 6.07 Å². The van der Waals surface area contributed by atoms with Gasteiger partial charge in [-0.15, -0.1) is 0 Å². The van der Waals surface area contributed by atoms with E-state index in [-0.39, 0.29) is 0 Å². The van der Waals surface area contributed by atoms with Crippen molar-refractivity contribution in [2.24, 2.45) is 0 Å². The molecule has 0 aliphatic carbocycles. The molecule has 0 spiro atoms. The Labute approximate surface area is 112 Å². The fourth-order valence-corrected chi connectivity index (χ4v) is 2.05. The molecule has 3 rings (SSSR count). The molecule has 3 aromatic carbocycles. The van der Waals surface area contributed by atoms with E-state index in [0.29, 0.717) is 0 Å². The molecule has 0 unspecified atom stereocenters. The Morgan fingerprint density at radius 3 is 2.47 bits per heavy atom. The van der Waals surface area contributed by atoms with Gasteiger partial charge in [-0.3, -0.25) is 0 Å². The van der Waals surface area contributed by atoms with Gasteiger partial charge in [0.05, 0.1) is 7.11 Å². The third-order valence-corrected chi connectivity index (χ3v) is 2.94. The first-order chi connectivity index (χ1) is 9.36. The van der Waals surface area contributed by atoms with Crippen LogP contribution in [0.5, 0.6) is 17.2 Å². The zero-order chi connectivity index (χ0) is 13.1. The zero-order valence-corrected chi connectivity index (χ0v) is 10.6. The largest absolute Gasteiger partial charge is 0.496 e. The van der Waals surface area contributed by atoms with Crippen molar-refractivity contribution in [3.8, 4) is 17.2 Å². The monoisotopic (exact) mass is 249 g/mol. The minimum absolute atomic E-state index is 0.766. The van der Waals surface area contributed by atoms with Crippen LogP contribution in [0.1, 0.15) is 0 Å². The molecule has 0 aliphatic rings. The van der Waals surface area contributed by atoms with Gasteiger partial charge in [-0.25, -0.2) is 0 Å². The topological polar surface area (TPSA) is 18.5 Å². The Morgan fingerprint density at radius 1 is 0.895 bits per heavy atom. The average Bonchev–Trinajstić information content (AvgIpc) is 2.47. The highest BCUT2D eigenvalue weighted by molar-refractivity contribution is 5.89. The molecule has 3 aromatic rings. The van der Waals surface area contributed by atoms with Gasteiger partial charge in [0, 0.05) is 11.5 Å². The molecule has 0 N–H and O–H groups in total. The second-order valence-electron chi connectivity index (χ2n) is 4.18. The summed E-state index contributed by atoms with van der Waals surface area (Å²) in [7, 11) is 1.67. The van der Waals surface area contributed by atoms with Crippen molar-refractivity contribution in [3.63, 3.8) is 0 Å². The van der Waals surface area contributed by atoms with Crippen molar-refractivity contribution in [2.75, 3.05) is 7.11 Å². The third-order valence-electron chi connectivity index (χ3n) is 2.94. The average molecular weight is 249 g/mol. The Balaban J connectivity index is 2.05. The first kappa shape index (κ1) is 11.6. The second kappa shape index (κ2) is 5.02. The smallest absolute Gasteiger partial charge is 0.131 e. The predicted molar refractivity (Wildman–Crippen MR) is 75.9 cm³/mol. The molecule has 0 amide bonds. The van der Waals surface area contributed by atoms with Gasteiger partial charge in [-0.2, -0.15) is 0 Å². The number of fused-ring (bicyclic) bond motifs is 1. The summed E-state index contributed by atoms with van der Waals surface area (Å²) < 4.78 is 11.2. The van der Waals surface area contributed by atoms with Crippen LogP contribution in [0.4, 0.5) is 0 Å². The number of methoxy groups -OCH3 is 1. The fourth-order valence-electron chi connectivity index (χ4n) is 2.05. The van der Waals surface area contributed by atoms with Crippen molar-refractivity contribution >= 4 is 10.8 Å². The lowest BCUT2D eigenvalue weighted by Crippen LogP contribution is -1.88. The van der Waals surface area contributed by atoms with Crippen LogP contribution < -0.4 is 9.47 Å². The maximum Gasteiger partial charge on any atom is 0.131 e. The highest BCUT2D eigenvalue weighted by atomic mass is 16.5. The molecule has 0 saturated carbocycles. The number of hydrogen-bond donors (Lipinski definition) is 0. The standard InChI is InChI=1S/C17H13O2/c1-18-17-12-15(19-14-8-3-2-4-9-14)11-13-7-5-6-10-16(13)17/h3-12H,1H3. The van der Waals surface area contributed by atoms with E-state index < -0.39 is 0 Å². The van der Waals surface area contributed by atoms with Crippen molar-refractivity contribution in [1.82, 2.24) is 0 Å². The molecule has 2 heteroatoms. The van der Waals surface area contributed by atoms with Gasteiger partial charge in [0.2, 0.25) is 0 Å². The van der Waals surface area contributed by atoms with Gasteiger partial charge in [-0.1, -0.05) is 36.4 Å². The van der Waals surface area contributed by atoms with E-state index in [1.54, 1.807) is 7.11 Å². The molecule has 19 heavy (non-hydrogen) atoms. The lowest BCUT2D eigenvalue weighted by atomic mass is 10.1. The SMILES string of the molecule is COc1cc(Oc2cc[c]cc2)cc2ccccc12. The molecule has 0 aliphatic heterocycles. The van der Waals surface area contributed by atoms with E-state index in [4.69, 9.17) is 9.47 Å². The molecule has 93 valence electrons. The highest BCUT2D eigenvalue weighted by Crippen LogP contribution is 2.33. The van der Waals surface area contributed by atoms with Gasteiger partial charge in [-0.05, 0) is 29.7 Å². The highest BCUT2D eigenvalue weighted by Gasteiger charge is 2.05. The number of rotatable bonds is 3. The van der Waals surface area contributed by atoms with Crippen LogP contribution in [-0.4, -0.2) is 7.11 Å². The van der Waals surface area contributed by atoms with E-state index in [9.17, 15) is 0 Å². The van der Waals surface area contributed by atoms with Crippen LogP contribution in [0.15, 0.2) is 60.7 Å². The predicted octanol–water partition coefficient (Wildman–Crippen LogP) is 4.44. The molecule has 0 saturated heterocycles. The van der Waals surface area contributed by atoms with Crippen molar-refractivity contribution < 1.29 is 9.47 Å². The maximum atomic E-state index is 5.83. The van der Waals surface area contributed by atoms with Crippen molar-refractivity contribution in [3.05, 3.63) is 66.7 Å². The fraction of sp³-hybridized carbons (Fsp3) is 0.0588. The summed E-state index contributed by atoms with van der Waals surface area (Å²) in [6.07, 6.45) is 0. The van der Waals surface area contributed by atoms with Crippen LogP contribution in [0.2, 0.25) is 0 Å². The van der Waals surface area contributed by atoms with Crippen LogP contribution in [0.3, 0.4) is 0 Å². The van der Waals surface area contributed by atoms with E-state index in [0.717, 1.165) is 28.0 Å². The Hall–Kier alpha value is -2.48. The van der Waals surface area contributed by atoms with Gasteiger partial charge in [0.1, 0.15) is 17.2 Å². The van der Waals surface area contributed by atoms with Crippen LogP contribution in [0.25, 0.3) is 10.8 Å². The Morgan fingerprint density at radius 2 is 1.68 bits per heavy atom. The Kier molecular flexibility index (Phi) is 3.07. The van der Waals surface area contributed by atoms with Gasteiger partial charge in [0.15, 0.2) is 0 Å². The number of ether oxygens (including phenoxy) is 2. The number of hydrogen-bond acceptors (Lipinski definition) is 2. The number of benzene rings is 3. The van der Waals surface area contributed by atoms with Gasteiger partial charge >= 0.3 is 0 Å². The first-order valence-corrected chi connectivity index (χ1v) is 6.07. The molecule has 1 radical (unpaired) electrons. The minimum atomic E-state index is 0.766. The quantitative estimate of drug-likeness (QED) is 0.683. The summed E-state index contributed by atoms with van der Waals surface area (Å²) >= 11 is 0. The third kappa shape index (κ3) is 2.38. The first-order valence-electron chi connectivity index (χ1n) is 6.07. The molecule has 0 bridgehead atoms. The van der Waals surface area contributed by atoms with Crippen LogP contribution >= 0.6 is 0 Å². The summed E-state index contributed by atoms with van der Waals surface area (Å²) in [5, 5.41) is 2.18. The molecular weight excluding hydrogens is 236 g/mol. The van der Waals surface area contributed by atoms with Crippen molar-refractivity contribution in [2.45, 2.75) is 0 Å². The zero-order valence-electron chi connectivity index (χ0n) is 10.6. The van der Waals surface area contributed by atoms with Crippen LogP contribution in [0, 0.1) is 6.07 Å². The molecule has 0 atom stereocenters. The molecule has 0 heterocycles. The maximum absolute atomic E-state index is 5.83. The normalized spacial score (nSPS) is 10.4. The lowest BCUT2D eigenvalue weighted by molar-refractivity contribution is 0.414. The summed E-state index contributed by atoms with van der Waals surface area (Å²) in [6, 6.07) is 22.4. The molecular formula is C17H13O2. The molecule has 0 aromatic heterocycles. The van der Waals surface area contributed by atoms with Crippen molar-refractivity contribution in [1.29, 1.82) is 0 Å². The summed E-state index contributed by atoms with van der Waals surface area (Å²) in [4.78, 5) is 0. The van der Waals surface area contributed by atoms with Gasteiger partial charge < -0.3 is 9.47 Å². The van der Waals surface area contributed by atoms with Gasteiger partial charge in [0.25, 0.3) is 0 Å². The second-order valence-corrected chi connectivity index (χ2v) is 4.18. The summed E-state index contributed by atoms with van der Waals surface area (Å²) in [5.41, 5.74) is 0. The van der Waals surface area contributed by atoms with E-state index in [1.807, 2.05) is 60.7 Å². The molecule has 2 nitrogen and oxygen atoms in total. The Bertz CT molecular complexity index is 690. The van der Waals surface area contributed by atoms with E-state index >= 15 is 0 Å².